The second-order valence-corrected chi connectivity index (χ2v) is 5.72. The fourth-order valence-electron chi connectivity index (χ4n) is 2.63. The first-order chi connectivity index (χ1) is 10.1. The van der Waals surface area contributed by atoms with E-state index in [2.05, 4.69) is 22.2 Å². The van der Waals surface area contributed by atoms with Gasteiger partial charge in [-0.15, -0.1) is 0 Å². The van der Waals surface area contributed by atoms with Crippen LogP contribution >= 0.6 is 0 Å². The Morgan fingerprint density at radius 1 is 1.38 bits per heavy atom. The molecule has 1 amide bonds. The highest BCUT2D eigenvalue weighted by molar-refractivity contribution is 5.81. The van der Waals surface area contributed by atoms with Gasteiger partial charge in [0, 0.05) is 38.9 Å². The number of piperazine rings is 1. The number of likely N-dealkylation sites (N-methyl/N-ethyl adjacent to an activating group) is 1. The van der Waals surface area contributed by atoms with Crippen LogP contribution in [0.1, 0.15) is 19.4 Å². The van der Waals surface area contributed by atoms with E-state index < -0.39 is 0 Å². The van der Waals surface area contributed by atoms with Gasteiger partial charge in [0.15, 0.2) is 0 Å². The van der Waals surface area contributed by atoms with Crippen molar-refractivity contribution in [2.75, 3.05) is 39.3 Å². The molecule has 1 saturated heterocycles. The number of nitrogens with one attached hydrogen (secondary N) is 1. The van der Waals surface area contributed by atoms with Crippen molar-refractivity contribution < 1.29 is 4.79 Å². The summed E-state index contributed by atoms with van der Waals surface area (Å²) in [6.45, 7) is 12.4. The third-order valence-corrected chi connectivity index (χ3v) is 4.06. The molecule has 1 aliphatic heterocycles. The van der Waals surface area contributed by atoms with E-state index in [4.69, 9.17) is 0 Å². The van der Waals surface area contributed by atoms with Crippen LogP contribution in [-0.2, 0) is 11.3 Å². The van der Waals surface area contributed by atoms with Crippen molar-refractivity contribution in [3.8, 4) is 0 Å². The van der Waals surface area contributed by atoms with Crippen molar-refractivity contribution in [2.24, 2.45) is 0 Å². The highest BCUT2D eigenvalue weighted by Crippen LogP contribution is 2.03. The number of aryl methyl sites for hydroxylation is 1. The molecule has 1 aromatic heterocycles. The Balaban J connectivity index is 1.70. The maximum Gasteiger partial charge on any atom is 0.239 e. The minimum Gasteiger partial charge on any atom is -0.339 e. The molecule has 1 atom stereocenters. The van der Waals surface area contributed by atoms with Crippen molar-refractivity contribution in [1.82, 2.24) is 24.9 Å². The quantitative estimate of drug-likeness (QED) is 0.821. The summed E-state index contributed by atoms with van der Waals surface area (Å²) in [7, 11) is 0. The SMILES string of the molecule is CCN1CCN(C(=O)[C@H](C)NCCn2cc(C)cn2)CC1. The summed E-state index contributed by atoms with van der Waals surface area (Å²) < 4.78 is 1.90. The van der Waals surface area contributed by atoms with Crippen molar-refractivity contribution in [1.29, 1.82) is 0 Å². The predicted molar refractivity (Wildman–Crippen MR) is 83.1 cm³/mol. The van der Waals surface area contributed by atoms with Gasteiger partial charge in [0.1, 0.15) is 0 Å². The Morgan fingerprint density at radius 3 is 2.67 bits per heavy atom. The molecule has 1 aromatic rings. The van der Waals surface area contributed by atoms with E-state index in [1.165, 1.54) is 0 Å². The molecule has 21 heavy (non-hydrogen) atoms. The van der Waals surface area contributed by atoms with Gasteiger partial charge in [-0.2, -0.15) is 5.10 Å². The largest absolute Gasteiger partial charge is 0.339 e. The van der Waals surface area contributed by atoms with Crippen molar-refractivity contribution in [2.45, 2.75) is 33.4 Å². The van der Waals surface area contributed by atoms with Gasteiger partial charge in [-0.05, 0) is 26.0 Å². The predicted octanol–water partition coefficient (Wildman–Crippen LogP) is 0.334. The lowest BCUT2D eigenvalue weighted by atomic mass is 10.2. The highest BCUT2D eigenvalue weighted by Gasteiger charge is 2.23. The zero-order valence-electron chi connectivity index (χ0n) is 13.4. The van der Waals surface area contributed by atoms with E-state index in [9.17, 15) is 4.79 Å². The minimum absolute atomic E-state index is 0.130. The highest BCUT2D eigenvalue weighted by atomic mass is 16.2. The number of hydrogen-bond acceptors (Lipinski definition) is 4. The number of rotatable bonds is 6. The van der Waals surface area contributed by atoms with E-state index >= 15 is 0 Å². The zero-order valence-corrected chi connectivity index (χ0v) is 13.4. The Labute approximate surface area is 127 Å². The lowest BCUT2D eigenvalue weighted by Gasteiger charge is -2.35. The molecule has 0 spiro atoms. The average molecular weight is 293 g/mol. The number of hydrogen-bond donors (Lipinski definition) is 1. The van der Waals surface area contributed by atoms with Crippen molar-refractivity contribution in [3.63, 3.8) is 0 Å². The summed E-state index contributed by atoms with van der Waals surface area (Å²) >= 11 is 0. The number of amides is 1. The summed E-state index contributed by atoms with van der Waals surface area (Å²) in [6.07, 6.45) is 3.86. The first-order valence-electron chi connectivity index (χ1n) is 7.83. The van der Waals surface area contributed by atoms with Gasteiger partial charge < -0.3 is 15.1 Å². The minimum atomic E-state index is -0.130. The van der Waals surface area contributed by atoms with Crippen molar-refractivity contribution in [3.05, 3.63) is 18.0 Å². The average Bonchev–Trinajstić information content (AvgIpc) is 2.92. The van der Waals surface area contributed by atoms with Crippen LogP contribution in [0, 0.1) is 6.92 Å². The van der Waals surface area contributed by atoms with Crippen molar-refractivity contribution >= 4 is 5.91 Å². The van der Waals surface area contributed by atoms with E-state index in [1.807, 2.05) is 35.8 Å². The van der Waals surface area contributed by atoms with E-state index in [1.54, 1.807) is 0 Å². The lowest BCUT2D eigenvalue weighted by molar-refractivity contribution is -0.134. The third-order valence-electron chi connectivity index (χ3n) is 4.06. The van der Waals surface area contributed by atoms with Gasteiger partial charge in [-0.1, -0.05) is 6.92 Å². The molecule has 6 nitrogen and oxygen atoms in total. The number of nitrogens with zero attached hydrogens (tertiary/aromatic N) is 4. The fraction of sp³-hybridized carbons (Fsp3) is 0.733. The van der Waals surface area contributed by atoms with Gasteiger partial charge in [-0.3, -0.25) is 9.48 Å². The Hall–Kier alpha value is -1.40. The number of carbonyl (C=O) groups excluding carboxylic acids is 1. The monoisotopic (exact) mass is 293 g/mol. The molecule has 0 bridgehead atoms. The molecular weight excluding hydrogens is 266 g/mol. The molecule has 1 N–H and O–H groups in total. The Morgan fingerprint density at radius 2 is 2.10 bits per heavy atom. The smallest absolute Gasteiger partial charge is 0.239 e. The Kier molecular flexibility index (Phi) is 5.76. The summed E-state index contributed by atoms with van der Waals surface area (Å²) in [5, 5.41) is 7.54. The third kappa shape index (κ3) is 4.54. The standard InChI is InChI=1S/C15H27N5O/c1-4-18-7-9-19(10-8-18)15(21)14(3)16-5-6-20-12-13(2)11-17-20/h11-12,14,16H,4-10H2,1-3H3/t14-/m0/s1. The molecule has 1 fully saturated rings. The molecule has 0 radical (unpaired) electrons. The Bertz CT molecular complexity index is 451. The molecule has 118 valence electrons. The fourth-order valence-corrected chi connectivity index (χ4v) is 2.63. The van der Waals surface area contributed by atoms with Crippen LogP contribution in [0.5, 0.6) is 0 Å². The van der Waals surface area contributed by atoms with Crippen LogP contribution in [0.3, 0.4) is 0 Å². The molecule has 1 aliphatic rings. The molecule has 0 aromatic carbocycles. The van der Waals surface area contributed by atoms with Crippen LogP contribution < -0.4 is 5.32 Å². The lowest BCUT2D eigenvalue weighted by Crippen LogP contribution is -2.53. The van der Waals surface area contributed by atoms with Crippen LogP contribution in [0.2, 0.25) is 0 Å². The molecule has 2 heterocycles. The normalized spacial score (nSPS) is 18.0. The molecular formula is C15H27N5O. The zero-order chi connectivity index (χ0) is 15.2. The van der Waals surface area contributed by atoms with E-state index in [0.717, 1.165) is 51.4 Å². The molecule has 2 rings (SSSR count). The summed E-state index contributed by atoms with van der Waals surface area (Å²) in [6, 6.07) is -0.130. The van der Waals surface area contributed by atoms with E-state index in [-0.39, 0.29) is 11.9 Å². The maximum atomic E-state index is 12.4. The molecule has 0 unspecified atom stereocenters. The molecule has 6 heteroatoms. The number of aromatic nitrogens is 2. The van der Waals surface area contributed by atoms with Crippen LogP contribution in [0.4, 0.5) is 0 Å². The number of carbonyl (C=O) groups is 1. The summed E-state index contributed by atoms with van der Waals surface area (Å²) in [5.41, 5.74) is 1.16. The van der Waals surface area contributed by atoms with Gasteiger partial charge in [0.2, 0.25) is 5.91 Å². The second kappa shape index (κ2) is 7.56. The maximum absolute atomic E-state index is 12.4. The summed E-state index contributed by atoms with van der Waals surface area (Å²) in [4.78, 5) is 16.7. The topological polar surface area (TPSA) is 53.4 Å². The van der Waals surface area contributed by atoms with Gasteiger partial charge in [0.25, 0.3) is 0 Å². The molecule has 0 saturated carbocycles. The first-order valence-corrected chi connectivity index (χ1v) is 7.83. The van der Waals surface area contributed by atoms with Gasteiger partial charge >= 0.3 is 0 Å². The van der Waals surface area contributed by atoms with Crippen LogP contribution in [-0.4, -0.2) is 70.8 Å². The second-order valence-electron chi connectivity index (χ2n) is 5.72. The van der Waals surface area contributed by atoms with Crippen LogP contribution in [0.15, 0.2) is 12.4 Å². The van der Waals surface area contributed by atoms with Crippen LogP contribution in [0.25, 0.3) is 0 Å². The summed E-state index contributed by atoms with van der Waals surface area (Å²) in [5.74, 6) is 0.211. The van der Waals surface area contributed by atoms with E-state index in [0.29, 0.717) is 0 Å². The van der Waals surface area contributed by atoms with Gasteiger partial charge in [-0.25, -0.2) is 0 Å². The molecule has 0 aliphatic carbocycles. The first kappa shape index (κ1) is 16.0. The van der Waals surface area contributed by atoms with Gasteiger partial charge in [0.05, 0.1) is 18.8 Å².